The second kappa shape index (κ2) is 3.74. The number of hydrogen-bond acceptors (Lipinski definition) is 2. The van der Waals surface area contributed by atoms with E-state index in [1.54, 1.807) is 0 Å². The fourth-order valence-electron chi connectivity index (χ4n) is 0.997. The van der Waals surface area contributed by atoms with Crippen molar-refractivity contribution in [3.05, 3.63) is 17.8 Å². The van der Waals surface area contributed by atoms with E-state index in [0.29, 0.717) is 11.8 Å². The Bertz CT molecular complexity index is 240. The van der Waals surface area contributed by atoms with Crippen molar-refractivity contribution in [1.29, 1.82) is 0 Å². The summed E-state index contributed by atoms with van der Waals surface area (Å²) in [4.78, 5) is 4.22. The van der Waals surface area contributed by atoms with Gasteiger partial charge < -0.3 is 4.42 Å². The lowest BCUT2D eigenvalue weighted by Gasteiger charge is -2.02. The summed E-state index contributed by atoms with van der Waals surface area (Å²) in [6.45, 7) is 8.49. The quantitative estimate of drug-likeness (QED) is 0.690. The van der Waals surface area contributed by atoms with Crippen molar-refractivity contribution < 1.29 is 4.42 Å². The third kappa shape index (κ3) is 1.87. The first-order valence-electron chi connectivity index (χ1n) is 4.60. The van der Waals surface area contributed by atoms with Gasteiger partial charge in [-0.05, 0) is 6.42 Å². The summed E-state index contributed by atoms with van der Waals surface area (Å²) in [5, 5.41) is 0. The molecule has 2 heteroatoms. The molecule has 68 valence electrons. The van der Waals surface area contributed by atoms with Crippen LogP contribution in [0.25, 0.3) is 0 Å². The van der Waals surface area contributed by atoms with Crippen molar-refractivity contribution in [2.75, 3.05) is 0 Å². The van der Waals surface area contributed by atoms with Crippen LogP contribution in [0.5, 0.6) is 0 Å². The molecule has 0 spiro atoms. The molecule has 1 atom stereocenters. The molecule has 1 unspecified atom stereocenters. The molecular formula is C10H17NO. The first kappa shape index (κ1) is 9.30. The summed E-state index contributed by atoms with van der Waals surface area (Å²) < 4.78 is 5.59. The largest absolute Gasteiger partial charge is 0.445 e. The second-order valence-corrected chi connectivity index (χ2v) is 3.56. The van der Waals surface area contributed by atoms with Crippen LogP contribution in [0.15, 0.2) is 10.6 Å². The molecule has 1 aromatic rings. The molecule has 0 aliphatic rings. The van der Waals surface area contributed by atoms with E-state index in [9.17, 15) is 0 Å². The molecule has 0 saturated heterocycles. The molecule has 0 aromatic carbocycles. The smallest absolute Gasteiger partial charge is 0.196 e. The Kier molecular flexibility index (Phi) is 2.90. The highest BCUT2D eigenvalue weighted by atomic mass is 16.4. The van der Waals surface area contributed by atoms with Gasteiger partial charge in [-0.3, -0.25) is 0 Å². The predicted molar refractivity (Wildman–Crippen MR) is 49.3 cm³/mol. The monoisotopic (exact) mass is 167 g/mol. The van der Waals surface area contributed by atoms with Crippen molar-refractivity contribution in [1.82, 2.24) is 4.98 Å². The Morgan fingerprint density at radius 1 is 1.42 bits per heavy atom. The van der Waals surface area contributed by atoms with E-state index in [0.717, 1.165) is 18.1 Å². The van der Waals surface area contributed by atoms with Crippen LogP contribution in [0.2, 0.25) is 0 Å². The van der Waals surface area contributed by atoms with Crippen molar-refractivity contribution >= 4 is 0 Å². The topological polar surface area (TPSA) is 26.0 Å². The van der Waals surface area contributed by atoms with Gasteiger partial charge >= 0.3 is 0 Å². The van der Waals surface area contributed by atoms with Crippen LogP contribution in [0.4, 0.5) is 0 Å². The maximum atomic E-state index is 5.59. The van der Waals surface area contributed by atoms with Crippen LogP contribution in [-0.4, -0.2) is 4.98 Å². The van der Waals surface area contributed by atoms with Gasteiger partial charge in [-0.15, -0.1) is 0 Å². The first-order valence-corrected chi connectivity index (χ1v) is 4.60. The highest BCUT2D eigenvalue weighted by molar-refractivity contribution is 5.01. The third-order valence-corrected chi connectivity index (χ3v) is 2.13. The molecule has 0 bridgehead atoms. The van der Waals surface area contributed by atoms with Gasteiger partial charge in [0, 0.05) is 11.8 Å². The zero-order valence-corrected chi connectivity index (χ0v) is 8.29. The van der Waals surface area contributed by atoms with Crippen LogP contribution < -0.4 is 0 Å². The highest BCUT2D eigenvalue weighted by Gasteiger charge is 2.11. The minimum absolute atomic E-state index is 0.391. The van der Waals surface area contributed by atoms with Gasteiger partial charge in [0.2, 0.25) is 0 Å². The molecule has 0 fully saturated rings. The third-order valence-electron chi connectivity index (χ3n) is 2.13. The van der Waals surface area contributed by atoms with E-state index in [1.807, 2.05) is 6.20 Å². The SMILES string of the molecule is CCC(C)c1cnc(C(C)C)o1. The lowest BCUT2D eigenvalue weighted by molar-refractivity contribution is 0.412. The summed E-state index contributed by atoms with van der Waals surface area (Å²) in [5.41, 5.74) is 0. The Balaban J connectivity index is 2.77. The minimum atomic E-state index is 0.391. The normalized spacial score (nSPS) is 13.8. The number of nitrogens with zero attached hydrogens (tertiary/aromatic N) is 1. The van der Waals surface area contributed by atoms with Crippen molar-refractivity contribution in [3.8, 4) is 0 Å². The van der Waals surface area contributed by atoms with E-state index >= 15 is 0 Å². The van der Waals surface area contributed by atoms with E-state index in [-0.39, 0.29) is 0 Å². The number of rotatable bonds is 3. The van der Waals surface area contributed by atoms with Gasteiger partial charge in [0.15, 0.2) is 5.89 Å². The maximum absolute atomic E-state index is 5.59. The molecule has 0 aliphatic heterocycles. The summed E-state index contributed by atoms with van der Waals surface area (Å²) in [5.74, 6) is 2.75. The summed E-state index contributed by atoms with van der Waals surface area (Å²) in [6.07, 6.45) is 2.95. The summed E-state index contributed by atoms with van der Waals surface area (Å²) >= 11 is 0. The molecule has 0 aliphatic carbocycles. The molecule has 1 rings (SSSR count). The average molecular weight is 167 g/mol. The Labute approximate surface area is 74.0 Å². The molecule has 12 heavy (non-hydrogen) atoms. The molecule has 0 N–H and O–H groups in total. The van der Waals surface area contributed by atoms with Crippen LogP contribution in [0.1, 0.15) is 57.6 Å². The Hall–Kier alpha value is -0.790. The zero-order chi connectivity index (χ0) is 9.14. The molecule has 2 nitrogen and oxygen atoms in total. The summed E-state index contributed by atoms with van der Waals surface area (Å²) in [6, 6.07) is 0. The second-order valence-electron chi connectivity index (χ2n) is 3.56. The van der Waals surface area contributed by atoms with Crippen molar-refractivity contribution in [3.63, 3.8) is 0 Å². The molecule has 1 aromatic heterocycles. The Morgan fingerprint density at radius 2 is 2.08 bits per heavy atom. The fraction of sp³-hybridized carbons (Fsp3) is 0.700. The van der Waals surface area contributed by atoms with Crippen LogP contribution >= 0.6 is 0 Å². The minimum Gasteiger partial charge on any atom is -0.445 e. The van der Waals surface area contributed by atoms with Gasteiger partial charge in [-0.1, -0.05) is 27.7 Å². The van der Waals surface area contributed by atoms with E-state index in [1.165, 1.54) is 0 Å². The number of aromatic nitrogens is 1. The van der Waals surface area contributed by atoms with E-state index in [2.05, 4.69) is 32.7 Å². The van der Waals surface area contributed by atoms with Gasteiger partial charge in [0.1, 0.15) is 5.76 Å². The molecule has 0 radical (unpaired) electrons. The first-order chi connectivity index (χ1) is 5.65. The van der Waals surface area contributed by atoms with Crippen molar-refractivity contribution in [2.24, 2.45) is 0 Å². The van der Waals surface area contributed by atoms with Crippen molar-refractivity contribution in [2.45, 2.75) is 46.0 Å². The molecule has 0 saturated carbocycles. The van der Waals surface area contributed by atoms with Gasteiger partial charge in [0.05, 0.1) is 6.20 Å². The lowest BCUT2D eigenvalue weighted by atomic mass is 10.1. The van der Waals surface area contributed by atoms with Gasteiger partial charge in [0.25, 0.3) is 0 Å². The van der Waals surface area contributed by atoms with Gasteiger partial charge in [-0.25, -0.2) is 4.98 Å². The molecule has 1 heterocycles. The molecular weight excluding hydrogens is 150 g/mol. The lowest BCUT2D eigenvalue weighted by Crippen LogP contribution is -1.87. The Morgan fingerprint density at radius 3 is 2.50 bits per heavy atom. The van der Waals surface area contributed by atoms with Crippen LogP contribution in [-0.2, 0) is 0 Å². The zero-order valence-electron chi connectivity index (χ0n) is 8.29. The number of hydrogen-bond donors (Lipinski definition) is 0. The van der Waals surface area contributed by atoms with E-state index in [4.69, 9.17) is 4.42 Å². The highest BCUT2D eigenvalue weighted by Crippen LogP contribution is 2.22. The predicted octanol–water partition coefficient (Wildman–Crippen LogP) is 3.31. The summed E-state index contributed by atoms with van der Waals surface area (Å²) in [7, 11) is 0. The standard InChI is InChI=1S/C10H17NO/c1-5-8(4)9-6-11-10(12-9)7(2)3/h6-8H,5H2,1-4H3. The van der Waals surface area contributed by atoms with E-state index < -0.39 is 0 Å². The average Bonchev–Trinajstić information content (AvgIpc) is 2.51. The van der Waals surface area contributed by atoms with Gasteiger partial charge in [-0.2, -0.15) is 0 Å². The van der Waals surface area contributed by atoms with Crippen LogP contribution in [0.3, 0.4) is 0 Å². The maximum Gasteiger partial charge on any atom is 0.196 e. The fourth-order valence-corrected chi connectivity index (χ4v) is 0.997. The molecule has 0 amide bonds. The number of oxazole rings is 1. The van der Waals surface area contributed by atoms with Crippen LogP contribution in [0, 0.1) is 0 Å².